The number of carbonyl (C=O) groups excluding carboxylic acids is 1. The molecule has 0 heterocycles. The summed E-state index contributed by atoms with van der Waals surface area (Å²) in [5.74, 6) is -3.24. The maximum Gasteiger partial charge on any atom is 0.198 e. The van der Waals surface area contributed by atoms with Crippen LogP contribution in [-0.4, -0.2) is 5.78 Å². The molecule has 0 atom stereocenters. The van der Waals surface area contributed by atoms with Crippen molar-refractivity contribution in [3.05, 3.63) is 70.0 Å². The lowest BCUT2D eigenvalue weighted by atomic mass is 9.99. The molecule has 0 N–H and O–H groups in total. The van der Waals surface area contributed by atoms with Gasteiger partial charge in [-0.3, -0.25) is 4.79 Å². The quantitative estimate of drug-likeness (QED) is 0.750. The minimum Gasteiger partial charge on any atom is -0.288 e. The van der Waals surface area contributed by atoms with Gasteiger partial charge in [-0.15, -0.1) is 0 Å². The van der Waals surface area contributed by atoms with Gasteiger partial charge in [-0.05, 0) is 37.6 Å². The van der Waals surface area contributed by atoms with E-state index in [0.29, 0.717) is 11.6 Å². The summed E-state index contributed by atoms with van der Waals surface area (Å²) in [6.45, 7) is 3.11. The first kappa shape index (κ1) is 13.3. The monoisotopic (exact) mass is 264 g/mol. The first-order chi connectivity index (χ1) is 8.90. The van der Waals surface area contributed by atoms with Crippen molar-refractivity contribution in [3.63, 3.8) is 0 Å². The minimum atomic E-state index is -0.992. The fourth-order valence-electron chi connectivity index (χ4n) is 1.79. The lowest BCUT2D eigenvalue weighted by molar-refractivity contribution is 0.103. The Bertz CT molecular complexity index is 663. The van der Waals surface area contributed by atoms with Crippen LogP contribution in [0.25, 0.3) is 0 Å². The van der Waals surface area contributed by atoms with Crippen LogP contribution >= 0.6 is 0 Å². The van der Waals surface area contributed by atoms with Gasteiger partial charge in [-0.1, -0.05) is 11.6 Å². The van der Waals surface area contributed by atoms with E-state index < -0.39 is 23.2 Å². The zero-order valence-electron chi connectivity index (χ0n) is 10.4. The lowest BCUT2D eigenvalue weighted by Crippen LogP contribution is -2.08. The predicted molar refractivity (Wildman–Crippen MR) is 65.7 cm³/mol. The third-order valence-electron chi connectivity index (χ3n) is 2.86. The minimum absolute atomic E-state index is 0.137. The van der Waals surface area contributed by atoms with Crippen molar-refractivity contribution < 1.29 is 18.0 Å². The molecule has 2 rings (SSSR count). The van der Waals surface area contributed by atoms with Crippen molar-refractivity contribution in [2.45, 2.75) is 13.8 Å². The van der Waals surface area contributed by atoms with Gasteiger partial charge in [0.25, 0.3) is 0 Å². The average Bonchev–Trinajstić information content (AvgIpc) is 2.36. The van der Waals surface area contributed by atoms with Crippen molar-refractivity contribution >= 4 is 5.78 Å². The van der Waals surface area contributed by atoms with E-state index in [0.717, 1.165) is 12.1 Å². The van der Waals surface area contributed by atoms with E-state index in [4.69, 9.17) is 0 Å². The molecule has 0 aliphatic carbocycles. The van der Waals surface area contributed by atoms with Crippen LogP contribution in [0.3, 0.4) is 0 Å². The molecule has 4 heteroatoms. The molecule has 0 aliphatic rings. The second-order valence-corrected chi connectivity index (χ2v) is 4.39. The molecule has 0 fully saturated rings. The van der Waals surface area contributed by atoms with E-state index in [1.807, 2.05) is 0 Å². The summed E-state index contributed by atoms with van der Waals surface area (Å²) >= 11 is 0. The molecule has 0 saturated carbocycles. The van der Waals surface area contributed by atoms with Crippen LogP contribution in [0.4, 0.5) is 13.2 Å². The van der Waals surface area contributed by atoms with Gasteiger partial charge in [0, 0.05) is 6.07 Å². The second-order valence-electron chi connectivity index (χ2n) is 4.39. The highest BCUT2D eigenvalue weighted by atomic mass is 19.1. The van der Waals surface area contributed by atoms with E-state index >= 15 is 0 Å². The van der Waals surface area contributed by atoms with Gasteiger partial charge < -0.3 is 0 Å². The molecule has 0 amide bonds. The molecule has 0 aliphatic heterocycles. The molecule has 2 aromatic carbocycles. The Labute approximate surface area is 108 Å². The lowest BCUT2D eigenvalue weighted by Gasteiger charge is -2.07. The summed E-state index contributed by atoms with van der Waals surface area (Å²) in [6.07, 6.45) is 0. The Hall–Kier alpha value is -2.10. The summed E-state index contributed by atoms with van der Waals surface area (Å²) in [5.41, 5.74) is 0.273. The molecule has 2 aromatic rings. The first-order valence-corrected chi connectivity index (χ1v) is 5.66. The van der Waals surface area contributed by atoms with Crippen LogP contribution in [0, 0.1) is 31.3 Å². The molecule has 0 spiro atoms. The fraction of sp³-hybridized carbons (Fsp3) is 0.133. The van der Waals surface area contributed by atoms with E-state index in [1.54, 1.807) is 6.92 Å². The van der Waals surface area contributed by atoms with E-state index in [1.165, 1.54) is 19.1 Å². The van der Waals surface area contributed by atoms with Gasteiger partial charge in [0.05, 0.1) is 11.1 Å². The van der Waals surface area contributed by atoms with Crippen molar-refractivity contribution in [1.82, 2.24) is 0 Å². The molecule has 1 nitrogen and oxygen atoms in total. The van der Waals surface area contributed by atoms with Gasteiger partial charge in [0.1, 0.15) is 17.5 Å². The van der Waals surface area contributed by atoms with Crippen LogP contribution in [0.5, 0.6) is 0 Å². The maximum atomic E-state index is 13.6. The van der Waals surface area contributed by atoms with Crippen molar-refractivity contribution in [1.29, 1.82) is 0 Å². The van der Waals surface area contributed by atoms with Crippen LogP contribution < -0.4 is 0 Å². The van der Waals surface area contributed by atoms with Gasteiger partial charge in [-0.2, -0.15) is 0 Å². The van der Waals surface area contributed by atoms with Gasteiger partial charge in [0.15, 0.2) is 5.78 Å². The molecular weight excluding hydrogens is 253 g/mol. The number of rotatable bonds is 2. The van der Waals surface area contributed by atoms with Gasteiger partial charge >= 0.3 is 0 Å². The molecule has 0 unspecified atom stereocenters. The Morgan fingerprint density at radius 2 is 1.47 bits per heavy atom. The van der Waals surface area contributed by atoms with Crippen molar-refractivity contribution in [2.75, 3.05) is 0 Å². The predicted octanol–water partition coefficient (Wildman–Crippen LogP) is 3.95. The highest BCUT2D eigenvalue weighted by molar-refractivity contribution is 6.09. The SMILES string of the molecule is Cc1ccc(F)c(C(=O)c2cc(C)c(F)cc2F)c1. The van der Waals surface area contributed by atoms with Gasteiger partial charge in [-0.25, -0.2) is 13.2 Å². The van der Waals surface area contributed by atoms with Crippen LogP contribution in [-0.2, 0) is 0 Å². The number of carbonyl (C=O) groups is 1. The second kappa shape index (κ2) is 4.88. The normalized spacial score (nSPS) is 10.6. The maximum absolute atomic E-state index is 13.6. The number of hydrogen-bond acceptors (Lipinski definition) is 1. The van der Waals surface area contributed by atoms with Crippen LogP contribution in [0.1, 0.15) is 27.0 Å². The van der Waals surface area contributed by atoms with Crippen molar-refractivity contribution in [2.24, 2.45) is 0 Å². The number of halogens is 3. The van der Waals surface area contributed by atoms with Gasteiger partial charge in [0.2, 0.25) is 0 Å². The Morgan fingerprint density at radius 3 is 2.16 bits per heavy atom. The zero-order chi connectivity index (χ0) is 14.2. The summed E-state index contributed by atoms with van der Waals surface area (Å²) < 4.78 is 40.4. The van der Waals surface area contributed by atoms with E-state index in [9.17, 15) is 18.0 Å². The largest absolute Gasteiger partial charge is 0.288 e. The van der Waals surface area contributed by atoms with Crippen molar-refractivity contribution in [3.8, 4) is 0 Å². The fourth-order valence-corrected chi connectivity index (χ4v) is 1.79. The number of hydrogen-bond donors (Lipinski definition) is 0. The molecule has 98 valence electrons. The molecule has 0 saturated heterocycles. The van der Waals surface area contributed by atoms with Crippen LogP contribution in [0.15, 0.2) is 30.3 Å². The van der Waals surface area contributed by atoms with E-state index in [2.05, 4.69) is 0 Å². The topological polar surface area (TPSA) is 17.1 Å². The smallest absolute Gasteiger partial charge is 0.198 e. The number of ketones is 1. The standard InChI is InChI=1S/C15H11F3O/c1-8-3-4-12(16)10(5-8)15(19)11-6-9(2)13(17)7-14(11)18/h3-7H,1-2H3. The Balaban J connectivity index is 2.56. The molecule has 0 bridgehead atoms. The molecule has 0 radical (unpaired) electrons. The average molecular weight is 264 g/mol. The number of benzene rings is 2. The molecule has 0 aromatic heterocycles. The summed E-state index contributed by atoms with van der Waals surface area (Å²) in [7, 11) is 0. The summed E-state index contributed by atoms with van der Waals surface area (Å²) in [5, 5.41) is 0. The zero-order valence-corrected chi connectivity index (χ0v) is 10.4. The summed E-state index contributed by atoms with van der Waals surface area (Å²) in [6, 6.07) is 5.73. The van der Waals surface area contributed by atoms with E-state index in [-0.39, 0.29) is 16.7 Å². The van der Waals surface area contributed by atoms with Crippen LogP contribution in [0.2, 0.25) is 0 Å². The Kier molecular flexibility index (Phi) is 3.42. The number of aryl methyl sites for hydroxylation is 2. The Morgan fingerprint density at radius 1 is 0.842 bits per heavy atom. The third-order valence-corrected chi connectivity index (χ3v) is 2.86. The third kappa shape index (κ3) is 2.52. The first-order valence-electron chi connectivity index (χ1n) is 5.66. The molecule has 19 heavy (non-hydrogen) atoms. The molecular formula is C15H11F3O. The highest BCUT2D eigenvalue weighted by Gasteiger charge is 2.19. The highest BCUT2D eigenvalue weighted by Crippen LogP contribution is 2.20. The summed E-state index contributed by atoms with van der Waals surface area (Å²) in [4.78, 5) is 12.1.